The molecule has 3 N–H and O–H groups in total. The molecule has 0 unspecified atom stereocenters. The summed E-state index contributed by atoms with van der Waals surface area (Å²) in [6.45, 7) is 1.66. The van der Waals surface area contributed by atoms with Gasteiger partial charge in [-0.2, -0.15) is 4.31 Å². The lowest BCUT2D eigenvalue weighted by Crippen LogP contribution is -2.48. The van der Waals surface area contributed by atoms with E-state index in [2.05, 4.69) is 10.3 Å². The Morgan fingerprint density at radius 1 is 1.04 bits per heavy atom. The molecule has 1 aromatic heterocycles. The molecule has 28 heavy (non-hydrogen) atoms. The maximum absolute atomic E-state index is 13.0. The molecule has 2 aliphatic rings. The highest BCUT2D eigenvalue weighted by Crippen LogP contribution is 2.24. The van der Waals surface area contributed by atoms with Crippen molar-refractivity contribution >= 4 is 15.9 Å². The maximum Gasteiger partial charge on any atom is 0.325 e. The summed E-state index contributed by atoms with van der Waals surface area (Å²) in [5.74, 6) is -0.548. The number of amides is 1. The number of hydrogen-bond donors (Lipinski definition) is 3. The van der Waals surface area contributed by atoms with E-state index in [1.807, 2.05) is 4.98 Å². The van der Waals surface area contributed by atoms with Gasteiger partial charge >= 0.3 is 5.69 Å². The molecule has 0 aromatic carbocycles. The van der Waals surface area contributed by atoms with Gasteiger partial charge in [-0.3, -0.25) is 14.6 Å². The van der Waals surface area contributed by atoms with Crippen LogP contribution in [0.15, 0.2) is 14.5 Å². The predicted octanol–water partition coefficient (Wildman–Crippen LogP) is 0.611. The Morgan fingerprint density at radius 3 is 2.36 bits per heavy atom. The summed E-state index contributed by atoms with van der Waals surface area (Å²) in [6, 6.07) is 0.159. The van der Waals surface area contributed by atoms with Crippen molar-refractivity contribution in [1.82, 2.24) is 19.6 Å². The number of aromatic amines is 2. The number of carbonyl (C=O) groups excluding carboxylic acids is 1. The number of hydrogen-bond acceptors (Lipinski definition) is 5. The highest BCUT2D eigenvalue weighted by atomic mass is 32.2. The molecular formula is C18H28N4O5S. The topological polar surface area (TPSA) is 132 Å². The second-order valence-corrected chi connectivity index (χ2v) is 9.64. The van der Waals surface area contributed by atoms with Crippen LogP contribution >= 0.6 is 0 Å². The molecule has 1 saturated heterocycles. The Balaban J connectivity index is 1.74. The summed E-state index contributed by atoms with van der Waals surface area (Å²) in [7, 11) is -4.11. The normalized spacial score (nSPS) is 22.5. The lowest BCUT2D eigenvalue weighted by molar-refractivity contribution is -0.126. The number of nitrogens with one attached hydrogen (secondary N) is 3. The summed E-state index contributed by atoms with van der Waals surface area (Å²) in [6.07, 6.45) is 7.67. The van der Waals surface area contributed by atoms with Gasteiger partial charge in [-0.1, -0.05) is 25.7 Å². The van der Waals surface area contributed by atoms with Gasteiger partial charge in [0.25, 0.3) is 5.56 Å². The quantitative estimate of drug-likeness (QED) is 0.624. The van der Waals surface area contributed by atoms with Gasteiger partial charge in [0.2, 0.25) is 15.9 Å². The maximum atomic E-state index is 13.0. The summed E-state index contributed by atoms with van der Waals surface area (Å²) in [4.78, 5) is 40.0. The van der Waals surface area contributed by atoms with E-state index in [4.69, 9.17) is 0 Å². The Hall–Kier alpha value is -1.94. The van der Waals surface area contributed by atoms with Crippen molar-refractivity contribution in [3.63, 3.8) is 0 Å². The van der Waals surface area contributed by atoms with Crippen molar-refractivity contribution in [3.8, 4) is 0 Å². The van der Waals surface area contributed by atoms with Crippen LogP contribution in [0.3, 0.4) is 0 Å². The highest BCUT2D eigenvalue weighted by Gasteiger charge is 2.36. The smallest absolute Gasteiger partial charge is 0.325 e. The van der Waals surface area contributed by atoms with Crippen LogP contribution in [0.4, 0.5) is 0 Å². The van der Waals surface area contributed by atoms with Gasteiger partial charge in [0, 0.05) is 24.8 Å². The van der Waals surface area contributed by atoms with Gasteiger partial charge in [-0.15, -0.1) is 0 Å². The third-order valence-corrected chi connectivity index (χ3v) is 7.65. The first-order valence-electron chi connectivity index (χ1n) is 9.93. The highest BCUT2D eigenvalue weighted by molar-refractivity contribution is 7.89. The third-order valence-electron chi connectivity index (χ3n) is 5.63. The lowest BCUT2D eigenvalue weighted by Gasteiger charge is -2.32. The largest absolute Gasteiger partial charge is 0.353 e. The van der Waals surface area contributed by atoms with Gasteiger partial charge in [-0.25, -0.2) is 13.2 Å². The molecule has 1 aliphatic heterocycles. The zero-order chi connectivity index (χ0) is 20.3. The molecular weight excluding hydrogens is 384 g/mol. The second kappa shape index (κ2) is 8.60. The minimum Gasteiger partial charge on any atom is -0.353 e. The molecule has 156 valence electrons. The number of H-pyrrole nitrogens is 2. The Bertz CT molecular complexity index is 928. The molecule has 0 bridgehead atoms. The number of aryl methyl sites for hydroxylation is 1. The number of rotatable bonds is 4. The van der Waals surface area contributed by atoms with Gasteiger partial charge < -0.3 is 10.3 Å². The predicted molar refractivity (Wildman–Crippen MR) is 104 cm³/mol. The van der Waals surface area contributed by atoms with E-state index >= 15 is 0 Å². The minimum absolute atomic E-state index is 0.00113. The Morgan fingerprint density at radius 2 is 1.71 bits per heavy atom. The van der Waals surface area contributed by atoms with E-state index in [0.717, 1.165) is 25.7 Å². The van der Waals surface area contributed by atoms with Gasteiger partial charge in [0.15, 0.2) is 4.90 Å². The van der Waals surface area contributed by atoms with E-state index < -0.39 is 32.1 Å². The number of sulfonamides is 1. The molecule has 1 aromatic rings. The molecule has 2 fully saturated rings. The van der Waals surface area contributed by atoms with Crippen LogP contribution < -0.4 is 16.6 Å². The van der Waals surface area contributed by atoms with Crippen molar-refractivity contribution in [3.05, 3.63) is 26.5 Å². The summed E-state index contributed by atoms with van der Waals surface area (Å²) >= 11 is 0. The first-order valence-corrected chi connectivity index (χ1v) is 11.4. The van der Waals surface area contributed by atoms with Crippen molar-refractivity contribution in [2.24, 2.45) is 5.92 Å². The number of carbonyl (C=O) groups is 1. The van der Waals surface area contributed by atoms with E-state index in [1.54, 1.807) is 0 Å². The molecule has 0 radical (unpaired) electrons. The van der Waals surface area contributed by atoms with Crippen molar-refractivity contribution in [1.29, 1.82) is 0 Å². The van der Waals surface area contributed by atoms with Crippen LogP contribution in [0.5, 0.6) is 0 Å². The van der Waals surface area contributed by atoms with E-state index in [0.29, 0.717) is 12.8 Å². The van der Waals surface area contributed by atoms with Crippen LogP contribution in [-0.2, 0) is 14.8 Å². The van der Waals surface area contributed by atoms with Gasteiger partial charge in [-0.05, 0) is 32.6 Å². The Labute approximate surface area is 164 Å². The van der Waals surface area contributed by atoms with E-state index in [9.17, 15) is 22.8 Å². The molecule has 10 heteroatoms. The van der Waals surface area contributed by atoms with Crippen molar-refractivity contribution < 1.29 is 13.2 Å². The molecule has 9 nitrogen and oxygen atoms in total. The molecule has 1 aliphatic carbocycles. The average molecular weight is 413 g/mol. The molecule has 2 heterocycles. The number of nitrogens with zero attached hydrogens (tertiary/aromatic N) is 1. The van der Waals surface area contributed by atoms with Gasteiger partial charge in [0.05, 0.1) is 5.92 Å². The first-order chi connectivity index (χ1) is 13.3. The molecule has 0 spiro atoms. The first kappa shape index (κ1) is 20.8. The number of piperidine rings is 1. The monoisotopic (exact) mass is 412 g/mol. The van der Waals surface area contributed by atoms with Crippen LogP contribution in [-0.4, -0.2) is 47.7 Å². The second-order valence-electron chi connectivity index (χ2n) is 7.76. The number of aromatic nitrogens is 2. The molecule has 1 amide bonds. The molecule has 1 atom stereocenters. The minimum atomic E-state index is -4.11. The SMILES string of the molecule is Cc1[nH]c(=O)[nH]c(=O)c1S(=O)(=O)N1CCC[C@H](C(=O)NC2CCCCCC2)C1. The van der Waals surface area contributed by atoms with Crippen molar-refractivity contribution in [2.75, 3.05) is 13.1 Å². The lowest BCUT2D eigenvalue weighted by atomic mass is 9.97. The third kappa shape index (κ3) is 4.54. The van der Waals surface area contributed by atoms with Crippen LogP contribution in [0.2, 0.25) is 0 Å². The standard InChI is InChI=1S/C18H28N4O5S/c1-12-15(17(24)21-18(25)19-12)28(26,27)22-10-6-7-13(11-22)16(23)20-14-8-4-2-3-5-9-14/h13-14H,2-11H2,1H3,(H,20,23)(H2,19,21,24,25)/t13-/m0/s1. The summed E-state index contributed by atoms with van der Waals surface area (Å²) in [5.41, 5.74) is -1.69. The fourth-order valence-electron chi connectivity index (χ4n) is 4.15. The van der Waals surface area contributed by atoms with Crippen LogP contribution in [0.25, 0.3) is 0 Å². The average Bonchev–Trinajstić information content (AvgIpc) is 2.89. The fraction of sp³-hybridized carbons (Fsp3) is 0.722. The zero-order valence-corrected chi connectivity index (χ0v) is 16.9. The van der Waals surface area contributed by atoms with E-state index in [1.165, 1.54) is 24.1 Å². The fourth-order valence-corrected chi connectivity index (χ4v) is 5.87. The summed E-state index contributed by atoms with van der Waals surface area (Å²) < 4.78 is 27.2. The summed E-state index contributed by atoms with van der Waals surface area (Å²) in [5, 5.41) is 3.09. The zero-order valence-electron chi connectivity index (χ0n) is 16.1. The van der Waals surface area contributed by atoms with Gasteiger partial charge in [0.1, 0.15) is 0 Å². The Kier molecular flexibility index (Phi) is 6.39. The van der Waals surface area contributed by atoms with Crippen molar-refractivity contribution in [2.45, 2.75) is 69.2 Å². The van der Waals surface area contributed by atoms with Crippen LogP contribution in [0.1, 0.15) is 57.1 Å². The van der Waals surface area contributed by atoms with Crippen LogP contribution in [0, 0.1) is 12.8 Å². The van der Waals surface area contributed by atoms with E-state index in [-0.39, 0.29) is 30.7 Å². The molecule has 1 saturated carbocycles. The molecule has 3 rings (SSSR count).